The van der Waals surface area contributed by atoms with Crippen LogP contribution in [0.1, 0.15) is 48.8 Å². The molecule has 0 aromatic heterocycles. The van der Waals surface area contributed by atoms with E-state index in [1.807, 2.05) is 0 Å². The van der Waals surface area contributed by atoms with Crippen LogP contribution in [0.4, 0.5) is 0 Å². The van der Waals surface area contributed by atoms with Crippen molar-refractivity contribution in [1.82, 2.24) is 0 Å². The molecule has 1 aliphatic heterocycles. The minimum absolute atomic E-state index is 0.000463. The summed E-state index contributed by atoms with van der Waals surface area (Å²) in [6, 6.07) is 2.05. The molecule has 1 aliphatic carbocycles. The number of halogens is 2. The Morgan fingerprint density at radius 2 is 2.11 bits per heavy atom. The van der Waals surface area contributed by atoms with E-state index in [9.17, 15) is 0 Å². The molecule has 0 spiro atoms. The summed E-state index contributed by atoms with van der Waals surface area (Å²) in [4.78, 5) is 0. The lowest BCUT2D eigenvalue weighted by molar-refractivity contribution is 0.311. The second kappa shape index (κ2) is 4.31. The first-order valence-corrected chi connectivity index (χ1v) is 7.40. The normalized spacial score (nSPS) is 25.0. The molecule has 0 fully saturated rings. The minimum atomic E-state index is -0.000463. The van der Waals surface area contributed by atoms with Crippen molar-refractivity contribution >= 4 is 23.2 Å². The highest BCUT2D eigenvalue weighted by Gasteiger charge is 2.33. The van der Waals surface area contributed by atoms with Crippen LogP contribution in [0, 0.1) is 5.41 Å². The lowest BCUT2D eigenvalue weighted by Crippen LogP contribution is -2.11. The van der Waals surface area contributed by atoms with Crippen molar-refractivity contribution in [2.45, 2.75) is 44.9 Å². The van der Waals surface area contributed by atoms with E-state index in [2.05, 4.69) is 19.9 Å². The van der Waals surface area contributed by atoms with Gasteiger partial charge < -0.3 is 4.74 Å². The largest absolute Gasteiger partial charge is 0.493 e. The number of fused-ring (bicyclic) bond motifs is 3. The molecular weight excluding hydrogens is 267 g/mol. The molecule has 0 N–H and O–H groups in total. The van der Waals surface area contributed by atoms with Crippen molar-refractivity contribution < 1.29 is 4.74 Å². The molecule has 1 unspecified atom stereocenters. The minimum Gasteiger partial charge on any atom is -0.493 e. The number of hydrogen-bond donors (Lipinski definition) is 0. The van der Waals surface area contributed by atoms with Gasteiger partial charge in [-0.1, -0.05) is 25.4 Å². The molecule has 1 atom stereocenters. The van der Waals surface area contributed by atoms with Crippen molar-refractivity contribution in [2.75, 3.05) is 6.61 Å². The predicted octanol–water partition coefficient (Wildman–Crippen LogP) is 4.92. The first-order chi connectivity index (χ1) is 8.48. The highest BCUT2D eigenvalue weighted by Crippen LogP contribution is 2.49. The Labute approximate surface area is 118 Å². The molecule has 0 radical (unpaired) electrons. The van der Waals surface area contributed by atoms with E-state index in [1.165, 1.54) is 11.1 Å². The molecule has 18 heavy (non-hydrogen) atoms. The molecule has 0 saturated carbocycles. The van der Waals surface area contributed by atoms with Crippen LogP contribution in [0.5, 0.6) is 5.75 Å². The molecule has 3 rings (SSSR count). The zero-order chi connectivity index (χ0) is 12.9. The van der Waals surface area contributed by atoms with E-state index >= 15 is 0 Å². The highest BCUT2D eigenvalue weighted by atomic mass is 35.5. The second-order valence-corrected chi connectivity index (χ2v) is 7.11. The molecule has 1 aromatic rings. The number of benzene rings is 1. The van der Waals surface area contributed by atoms with Crippen molar-refractivity contribution in [1.29, 1.82) is 0 Å². The van der Waals surface area contributed by atoms with Gasteiger partial charge in [-0.3, -0.25) is 0 Å². The smallest absolute Gasteiger partial charge is 0.126 e. The number of rotatable bonds is 0. The van der Waals surface area contributed by atoms with Crippen LogP contribution in [0.2, 0.25) is 5.02 Å². The molecule has 1 nitrogen and oxygen atoms in total. The van der Waals surface area contributed by atoms with Gasteiger partial charge >= 0.3 is 0 Å². The van der Waals surface area contributed by atoms with Crippen molar-refractivity contribution in [2.24, 2.45) is 5.41 Å². The van der Waals surface area contributed by atoms with Gasteiger partial charge in [0, 0.05) is 17.0 Å². The maximum atomic E-state index is 6.60. The average Bonchev–Trinajstić information content (AvgIpc) is 2.67. The third kappa shape index (κ3) is 2.02. The topological polar surface area (TPSA) is 9.23 Å². The summed E-state index contributed by atoms with van der Waals surface area (Å²) in [5, 5.41) is 0.825. The van der Waals surface area contributed by atoms with Crippen molar-refractivity contribution in [3.8, 4) is 5.75 Å². The fourth-order valence-electron chi connectivity index (χ4n) is 3.12. The lowest BCUT2D eigenvalue weighted by Gasteiger charge is -2.23. The molecule has 98 valence electrons. The van der Waals surface area contributed by atoms with Gasteiger partial charge in [0.1, 0.15) is 5.75 Å². The van der Waals surface area contributed by atoms with Gasteiger partial charge in [0.15, 0.2) is 0 Å². The Bertz CT molecular complexity index is 494. The van der Waals surface area contributed by atoms with E-state index in [-0.39, 0.29) is 10.8 Å². The van der Waals surface area contributed by atoms with Crippen LogP contribution in [0.15, 0.2) is 6.07 Å². The highest BCUT2D eigenvalue weighted by molar-refractivity contribution is 6.33. The van der Waals surface area contributed by atoms with Gasteiger partial charge in [0.05, 0.1) is 12.0 Å². The zero-order valence-electron chi connectivity index (χ0n) is 10.9. The molecule has 0 saturated heterocycles. The van der Waals surface area contributed by atoms with Gasteiger partial charge in [0.2, 0.25) is 0 Å². The molecule has 1 aromatic carbocycles. The van der Waals surface area contributed by atoms with Gasteiger partial charge in [0.25, 0.3) is 0 Å². The van der Waals surface area contributed by atoms with Crippen molar-refractivity contribution in [3.05, 3.63) is 27.8 Å². The number of alkyl halides is 1. The summed E-state index contributed by atoms with van der Waals surface area (Å²) in [6.45, 7) is 5.34. The third-order valence-corrected chi connectivity index (χ3v) is 4.85. The van der Waals surface area contributed by atoms with Crippen LogP contribution >= 0.6 is 23.2 Å². The zero-order valence-corrected chi connectivity index (χ0v) is 12.4. The molecular formula is C15H18Cl2O. The summed E-state index contributed by atoms with van der Waals surface area (Å²) < 4.78 is 5.81. The van der Waals surface area contributed by atoms with E-state index in [0.717, 1.165) is 48.6 Å². The maximum Gasteiger partial charge on any atom is 0.126 e. The van der Waals surface area contributed by atoms with E-state index in [4.69, 9.17) is 27.9 Å². The standard InChI is InChI=1S/C15H18Cl2O/c1-15(2)5-3-10-13(12(17)8-15)11(16)7-9-4-6-18-14(9)10/h7,12H,3-6,8H2,1-2H3. The summed E-state index contributed by atoms with van der Waals surface area (Å²) >= 11 is 13.0. The Balaban J connectivity index is 2.15. The summed E-state index contributed by atoms with van der Waals surface area (Å²) in [5.41, 5.74) is 3.90. The Morgan fingerprint density at radius 3 is 2.89 bits per heavy atom. The quantitative estimate of drug-likeness (QED) is 0.485. The lowest BCUT2D eigenvalue weighted by atomic mass is 9.84. The summed E-state index contributed by atoms with van der Waals surface area (Å²) in [7, 11) is 0. The van der Waals surface area contributed by atoms with E-state index < -0.39 is 0 Å². The van der Waals surface area contributed by atoms with Crippen LogP contribution in [0.25, 0.3) is 0 Å². The van der Waals surface area contributed by atoms with Crippen LogP contribution in [-0.4, -0.2) is 6.61 Å². The molecule has 2 aliphatic rings. The third-order valence-electron chi connectivity index (χ3n) is 4.16. The SMILES string of the molecule is CC1(C)CCc2c3c(cc(Cl)c2C(Cl)C1)CCO3. The molecule has 3 heteroatoms. The van der Waals surface area contributed by atoms with Crippen LogP contribution in [0.3, 0.4) is 0 Å². The fourth-order valence-corrected chi connectivity index (χ4v) is 4.22. The molecule has 1 heterocycles. The van der Waals surface area contributed by atoms with Crippen LogP contribution in [-0.2, 0) is 12.8 Å². The molecule has 0 amide bonds. The molecule has 0 bridgehead atoms. The van der Waals surface area contributed by atoms with Gasteiger partial charge in [-0.05, 0) is 41.9 Å². The van der Waals surface area contributed by atoms with Crippen LogP contribution < -0.4 is 4.74 Å². The Kier molecular flexibility index (Phi) is 3.03. The van der Waals surface area contributed by atoms with Gasteiger partial charge in [-0.15, -0.1) is 11.6 Å². The Hall–Kier alpha value is -0.400. The fraction of sp³-hybridized carbons (Fsp3) is 0.600. The number of hydrogen-bond acceptors (Lipinski definition) is 1. The van der Waals surface area contributed by atoms with E-state index in [0.29, 0.717) is 0 Å². The average molecular weight is 285 g/mol. The monoisotopic (exact) mass is 284 g/mol. The van der Waals surface area contributed by atoms with Gasteiger partial charge in [-0.25, -0.2) is 0 Å². The summed E-state index contributed by atoms with van der Waals surface area (Å²) in [6.07, 6.45) is 4.10. The Morgan fingerprint density at radius 1 is 1.33 bits per heavy atom. The first kappa shape index (κ1) is 12.6. The summed E-state index contributed by atoms with van der Waals surface area (Å²) in [5.74, 6) is 1.07. The maximum absolute atomic E-state index is 6.60. The predicted molar refractivity (Wildman–Crippen MR) is 76.0 cm³/mol. The first-order valence-electron chi connectivity index (χ1n) is 6.59. The van der Waals surface area contributed by atoms with E-state index in [1.54, 1.807) is 0 Å². The van der Waals surface area contributed by atoms with Crippen molar-refractivity contribution in [3.63, 3.8) is 0 Å². The van der Waals surface area contributed by atoms with Gasteiger partial charge in [-0.2, -0.15) is 0 Å². The second-order valence-electron chi connectivity index (χ2n) is 6.17. The number of ether oxygens (including phenoxy) is 1.